The van der Waals surface area contributed by atoms with Crippen molar-refractivity contribution in [3.05, 3.63) is 71.8 Å². The zero-order chi connectivity index (χ0) is 23.9. The second-order valence-corrected chi connectivity index (χ2v) is 10.6. The number of nitrogens with zero attached hydrogens (tertiary/aromatic N) is 2. The Morgan fingerprint density at radius 1 is 1.12 bits per heavy atom. The van der Waals surface area contributed by atoms with E-state index >= 15 is 0 Å². The van der Waals surface area contributed by atoms with Gasteiger partial charge in [0.2, 0.25) is 5.91 Å². The second-order valence-electron chi connectivity index (χ2n) is 8.11. The molecular formula is C21H23F3N4O3S. The van der Waals surface area contributed by atoms with Crippen molar-refractivity contribution in [3.63, 3.8) is 0 Å². The summed E-state index contributed by atoms with van der Waals surface area (Å²) in [5.41, 5.74) is 2.27. The molecule has 1 aromatic heterocycles. The summed E-state index contributed by atoms with van der Waals surface area (Å²) in [4.78, 5) is 15.7. The van der Waals surface area contributed by atoms with Crippen molar-refractivity contribution in [2.24, 2.45) is 0 Å². The lowest BCUT2D eigenvalue weighted by Gasteiger charge is -2.27. The summed E-state index contributed by atoms with van der Waals surface area (Å²) in [6, 6.07) is 10.8. The van der Waals surface area contributed by atoms with Crippen LogP contribution in [0.1, 0.15) is 32.0 Å². The van der Waals surface area contributed by atoms with E-state index in [0.717, 1.165) is 11.6 Å². The molecule has 1 unspecified atom stereocenters. The van der Waals surface area contributed by atoms with E-state index in [1.807, 2.05) is 37.3 Å². The molecule has 1 aromatic carbocycles. The predicted molar refractivity (Wildman–Crippen MR) is 111 cm³/mol. The highest BCUT2D eigenvalue weighted by atomic mass is 32.2. The molecule has 0 fully saturated rings. The molecule has 2 aromatic rings. The third-order valence-electron chi connectivity index (χ3n) is 5.36. The quantitative estimate of drug-likeness (QED) is 0.701. The number of carbonyl (C=O) groups excluding carboxylic acids is 1. The summed E-state index contributed by atoms with van der Waals surface area (Å²) in [6.45, 7) is 4.27. The van der Waals surface area contributed by atoms with Gasteiger partial charge in [-0.05, 0) is 44.5 Å². The van der Waals surface area contributed by atoms with Gasteiger partial charge >= 0.3 is 6.18 Å². The van der Waals surface area contributed by atoms with Crippen molar-refractivity contribution in [3.8, 4) is 0 Å². The van der Waals surface area contributed by atoms with Crippen LogP contribution >= 0.6 is 0 Å². The molecule has 0 saturated heterocycles. The first kappa shape index (κ1) is 23.7. The fourth-order valence-corrected chi connectivity index (χ4v) is 4.58. The van der Waals surface area contributed by atoms with Crippen LogP contribution in [0.15, 0.2) is 65.5 Å². The summed E-state index contributed by atoms with van der Waals surface area (Å²) in [5, 5.41) is 4.17. The van der Waals surface area contributed by atoms with E-state index in [9.17, 15) is 26.4 Å². The largest absolute Gasteiger partial charge is 0.433 e. The highest BCUT2D eigenvalue weighted by Gasteiger charge is 2.45. The van der Waals surface area contributed by atoms with Crippen molar-refractivity contribution >= 4 is 15.7 Å². The van der Waals surface area contributed by atoms with Gasteiger partial charge in [0.15, 0.2) is 9.84 Å². The molecular weight excluding hydrogens is 445 g/mol. The van der Waals surface area contributed by atoms with E-state index in [2.05, 4.69) is 15.7 Å². The van der Waals surface area contributed by atoms with Gasteiger partial charge in [0.05, 0.1) is 10.4 Å². The van der Waals surface area contributed by atoms with E-state index in [1.54, 1.807) is 18.1 Å². The van der Waals surface area contributed by atoms with Gasteiger partial charge in [0, 0.05) is 13.2 Å². The molecule has 1 amide bonds. The lowest BCUT2D eigenvalue weighted by molar-refractivity contribution is -0.141. The molecule has 11 heteroatoms. The van der Waals surface area contributed by atoms with Crippen molar-refractivity contribution in [2.45, 2.75) is 42.1 Å². The Morgan fingerprint density at radius 2 is 1.75 bits per heavy atom. The van der Waals surface area contributed by atoms with E-state index in [1.165, 1.54) is 13.8 Å². The monoisotopic (exact) mass is 468 g/mol. The van der Waals surface area contributed by atoms with Crippen LogP contribution in [0.3, 0.4) is 0 Å². The van der Waals surface area contributed by atoms with Gasteiger partial charge < -0.3 is 5.32 Å². The molecule has 172 valence electrons. The number of nitrogens with one attached hydrogen (secondary N) is 2. The highest BCUT2D eigenvalue weighted by Crippen LogP contribution is 2.32. The van der Waals surface area contributed by atoms with Crippen molar-refractivity contribution < 1.29 is 26.4 Å². The summed E-state index contributed by atoms with van der Waals surface area (Å²) in [7, 11) is -2.68. The van der Waals surface area contributed by atoms with E-state index < -0.39 is 42.8 Å². The van der Waals surface area contributed by atoms with Crippen LogP contribution in [0.4, 0.5) is 13.2 Å². The zero-order valence-corrected chi connectivity index (χ0v) is 18.7. The molecule has 0 saturated carbocycles. The van der Waals surface area contributed by atoms with Crippen LogP contribution in [0.5, 0.6) is 0 Å². The summed E-state index contributed by atoms with van der Waals surface area (Å²) in [6.07, 6.45) is -2.34. The third kappa shape index (κ3) is 4.22. The van der Waals surface area contributed by atoms with Gasteiger partial charge in [-0.3, -0.25) is 14.8 Å². The maximum absolute atomic E-state index is 13.0. The number of alkyl halides is 3. The second kappa shape index (κ2) is 7.89. The maximum Gasteiger partial charge on any atom is 0.433 e. The molecule has 2 N–H and O–H groups in total. The lowest BCUT2D eigenvalue weighted by atomic mass is 9.93. The van der Waals surface area contributed by atoms with E-state index in [-0.39, 0.29) is 0 Å². The van der Waals surface area contributed by atoms with Crippen molar-refractivity contribution in [1.82, 2.24) is 20.7 Å². The minimum atomic E-state index is -4.70. The Kier molecular flexibility index (Phi) is 5.85. The van der Waals surface area contributed by atoms with Gasteiger partial charge in [-0.25, -0.2) is 13.8 Å². The molecule has 32 heavy (non-hydrogen) atoms. The third-order valence-corrected chi connectivity index (χ3v) is 7.75. The number of pyridine rings is 1. The Balaban J connectivity index is 1.85. The minimum absolute atomic E-state index is 0.343. The van der Waals surface area contributed by atoms with Crippen LogP contribution in [0.25, 0.3) is 0 Å². The van der Waals surface area contributed by atoms with Crippen LogP contribution in [-0.2, 0) is 26.3 Å². The predicted octanol–water partition coefficient (Wildman–Crippen LogP) is 2.98. The molecule has 1 atom stereocenters. The number of aromatic nitrogens is 1. The van der Waals surface area contributed by atoms with Crippen molar-refractivity contribution in [2.75, 3.05) is 7.05 Å². The lowest BCUT2D eigenvalue weighted by Crippen LogP contribution is -2.50. The number of hydrogen-bond acceptors (Lipinski definition) is 6. The highest BCUT2D eigenvalue weighted by molar-refractivity contribution is 7.93. The molecule has 0 spiro atoms. The number of carbonyl (C=O) groups is 1. The first-order valence-electron chi connectivity index (χ1n) is 9.58. The SMILES string of the molecule is CN1NC(C)(c2ccccc2)C=C1NC(=O)C(C)(C)S(=O)(=O)c1ccc(C(F)(F)F)nc1. The molecule has 0 bridgehead atoms. The Labute approximate surface area is 184 Å². The Morgan fingerprint density at radius 3 is 2.28 bits per heavy atom. The number of rotatable bonds is 5. The number of hydrazine groups is 1. The average molecular weight is 469 g/mol. The zero-order valence-electron chi connectivity index (χ0n) is 17.9. The summed E-state index contributed by atoms with van der Waals surface area (Å²) >= 11 is 0. The molecule has 0 radical (unpaired) electrons. The first-order valence-corrected chi connectivity index (χ1v) is 11.1. The van der Waals surface area contributed by atoms with Crippen LogP contribution in [0, 0.1) is 0 Å². The normalized spacial score (nSPS) is 19.6. The maximum atomic E-state index is 13.0. The van der Waals surface area contributed by atoms with Crippen LogP contribution < -0.4 is 10.7 Å². The molecule has 0 aliphatic carbocycles. The number of benzene rings is 1. The van der Waals surface area contributed by atoms with Gasteiger partial charge in [-0.2, -0.15) is 13.2 Å². The molecule has 3 rings (SSSR count). The Bertz CT molecular complexity index is 1150. The molecule has 2 heterocycles. The number of amides is 1. The van der Waals surface area contributed by atoms with Crippen LogP contribution in [0.2, 0.25) is 0 Å². The summed E-state index contributed by atoms with van der Waals surface area (Å²) < 4.78 is 62.3. The topological polar surface area (TPSA) is 91.4 Å². The fourth-order valence-electron chi connectivity index (χ4n) is 3.25. The van der Waals surface area contributed by atoms with Crippen molar-refractivity contribution in [1.29, 1.82) is 0 Å². The smallest absolute Gasteiger partial charge is 0.310 e. The minimum Gasteiger partial charge on any atom is -0.310 e. The Hall–Kier alpha value is -2.92. The van der Waals surface area contributed by atoms with Gasteiger partial charge in [0.1, 0.15) is 16.3 Å². The first-order chi connectivity index (χ1) is 14.7. The molecule has 1 aliphatic heterocycles. The number of sulfone groups is 1. The van der Waals surface area contributed by atoms with E-state index in [4.69, 9.17) is 0 Å². The summed E-state index contributed by atoms with van der Waals surface area (Å²) in [5.74, 6) is -0.496. The standard InChI is InChI=1S/C21H23F3N4O3S/c1-19(2,32(30,31)15-10-11-16(25-13-15)21(22,23)24)18(29)26-17-12-20(3,27-28(17)4)14-8-6-5-7-9-14/h5-13,27H,1-4H3,(H,26,29). The van der Waals surface area contributed by atoms with Gasteiger partial charge in [-0.15, -0.1) is 0 Å². The van der Waals surface area contributed by atoms with Gasteiger partial charge in [0.25, 0.3) is 0 Å². The van der Waals surface area contributed by atoms with Crippen LogP contribution in [-0.4, -0.2) is 36.1 Å². The van der Waals surface area contributed by atoms with E-state index in [0.29, 0.717) is 18.1 Å². The fraction of sp³-hybridized carbons (Fsp3) is 0.333. The van der Waals surface area contributed by atoms with Gasteiger partial charge in [-0.1, -0.05) is 30.3 Å². The molecule has 7 nitrogen and oxygen atoms in total. The number of halogens is 3. The molecule has 1 aliphatic rings. The number of hydrogen-bond donors (Lipinski definition) is 2. The average Bonchev–Trinajstić information content (AvgIpc) is 3.02.